The van der Waals surface area contributed by atoms with Crippen LogP contribution >= 0.6 is 11.3 Å². The number of nitrogens with one attached hydrogen (secondary N) is 2. The highest BCUT2D eigenvalue weighted by molar-refractivity contribution is 7.15. The van der Waals surface area contributed by atoms with Gasteiger partial charge in [-0.1, -0.05) is 16.5 Å². The molecule has 4 heterocycles. The van der Waals surface area contributed by atoms with Crippen LogP contribution in [-0.2, 0) is 26.6 Å². The molecule has 0 unspecified atom stereocenters. The molecule has 0 atom stereocenters. The SMILES string of the molecule is Cn1cnc(CNC(=O)Nc2nc3c(s2)CN(c2nc(C4CCC(F)(F)CC4)no2)CC3)n1. The number of amides is 2. The maximum absolute atomic E-state index is 13.4. The van der Waals surface area contributed by atoms with Crippen molar-refractivity contribution in [1.29, 1.82) is 0 Å². The summed E-state index contributed by atoms with van der Waals surface area (Å²) in [7, 11) is 1.76. The lowest BCUT2D eigenvalue weighted by Gasteiger charge is -2.26. The maximum Gasteiger partial charge on any atom is 0.324 e. The first-order chi connectivity index (χ1) is 15.8. The van der Waals surface area contributed by atoms with E-state index in [4.69, 9.17) is 4.52 Å². The third-order valence-corrected chi connectivity index (χ3v) is 6.79. The molecule has 0 bridgehead atoms. The van der Waals surface area contributed by atoms with Gasteiger partial charge in [0.1, 0.15) is 6.33 Å². The maximum atomic E-state index is 13.4. The van der Waals surface area contributed by atoms with Gasteiger partial charge in [0.15, 0.2) is 16.8 Å². The minimum atomic E-state index is -2.59. The number of carbonyl (C=O) groups excluding carboxylic acids is 1. The van der Waals surface area contributed by atoms with Crippen molar-refractivity contribution >= 4 is 28.5 Å². The van der Waals surface area contributed by atoms with E-state index in [1.807, 2.05) is 4.90 Å². The molecular weight excluding hydrogens is 456 g/mol. The Morgan fingerprint density at radius 3 is 2.91 bits per heavy atom. The summed E-state index contributed by atoms with van der Waals surface area (Å²) in [4.78, 5) is 28.2. The molecule has 0 aromatic carbocycles. The zero-order chi connectivity index (χ0) is 23.0. The van der Waals surface area contributed by atoms with E-state index in [0.717, 1.165) is 10.6 Å². The summed E-state index contributed by atoms with van der Waals surface area (Å²) < 4.78 is 33.8. The number of aromatic nitrogens is 6. The minimum absolute atomic E-state index is 0.0958. The van der Waals surface area contributed by atoms with E-state index in [0.29, 0.717) is 55.1 Å². The number of urea groups is 1. The monoisotopic (exact) mass is 479 g/mol. The topological polar surface area (TPSA) is 127 Å². The van der Waals surface area contributed by atoms with Crippen LogP contribution in [0.25, 0.3) is 0 Å². The smallest absolute Gasteiger partial charge is 0.324 e. The molecule has 3 aromatic heterocycles. The minimum Gasteiger partial charge on any atom is -0.330 e. The van der Waals surface area contributed by atoms with E-state index in [1.165, 1.54) is 11.3 Å². The van der Waals surface area contributed by atoms with Crippen LogP contribution in [0.5, 0.6) is 0 Å². The van der Waals surface area contributed by atoms with Crippen molar-refractivity contribution in [3.8, 4) is 0 Å². The predicted molar refractivity (Wildman–Crippen MR) is 114 cm³/mol. The Balaban J connectivity index is 1.17. The van der Waals surface area contributed by atoms with Crippen molar-refractivity contribution in [3.63, 3.8) is 0 Å². The summed E-state index contributed by atoms with van der Waals surface area (Å²) in [5.41, 5.74) is 0.923. The first-order valence-electron chi connectivity index (χ1n) is 10.7. The number of halogens is 2. The molecule has 2 aliphatic rings. The van der Waals surface area contributed by atoms with E-state index in [1.54, 1.807) is 18.1 Å². The number of aryl methyl sites for hydroxylation is 1. The lowest BCUT2D eigenvalue weighted by atomic mass is 9.86. The summed E-state index contributed by atoms with van der Waals surface area (Å²) in [5, 5.41) is 14.1. The van der Waals surface area contributed by atoms with Crippen molar-refractivity contribution in [2.75, 3.05) is 16.8 Å². The Bertz CT molecular complexity index is 1130. The van der Waals surface area contributed by atoms with Gasteiger partial charge < -0.3 is 14.7 Å². The number of alkyl halides is 2. The van der Waals surface area contributed by atoms with Crippen LogP contribution in [0.2, 0.25) is 0 Å². The molecule has 5 rings (SSSR count). The fraction of sp³-hybridized carbons (Fsp3) is 0.579. The van der Waals surface area contributed by atoms with Gasteiger partial charge in [0.2, 0.25) is 5.92 Å². The summed E-state index contributed by atoms with van der Waals surface area (Å²) in [6, 6.07) is 0.00139. The van der Waals surface area contributed by atoms with Crippen LogP contribution in [0.4, 0.5) is 24.7 Å². The van der Waals surface area contributed by atoms with Gasteiger partial charge in [-0.15, -0.1) is 0 Å². The van der Waals surface area contributed by atoms with Crippen molar-refractivity contribution in [2.45, 2.75) is 57.0 Å². The molecule has 1 saturated carbocycles. The van der Waals surface area contributed by atoms with Crippen molar-refractivity contribution in [3.05, 3.63) is 28.5 Å². The number of thiazole rings is 1. The van der Waals surface area contributed by atoms with Crippen molar-refractivity contribution < 1.29 is 18.1 Å². The highest BCUT2D eigenvalue weighted by Crippen LogP contribution is 2.40. The standard InChI is InChI=1S/C19H23F2N9O2S/c1-29-10-23-14(27-29)8-22-16(31)26-17-24-12-4-7-30(9-13(12)33-17)18-25-15(28-32-18)11-2-5-19(20,21)6-3-11/h10-11H,2-9H2,1H3,(H2,22,24,26,31). The van der Waals surface area contributed by atoms with Gasteiger partial charge in [-0.25, -0.2) is 23.5 Å². The molecule has 33 heavy (non-hydrogen) atoms. The Morgan fingerprint density at radius 2 is 2.15 bits per heavy atom. The molecule has 1 aliphatic heterocycles. The first-order valence-corrected chi connectivity index (χ1v) is 11.5. The predicted octanol–water partition coefficient (Wildman–Crippen LogP) is 2.83. The van der Waals surface area contributed by atoms with Crippen LogP contribution in [0.3, 0.4) is 0 Å². The molecule has 1 fully saturated rings. The lowest BCUT2D eigenvalue weighted by molar-refractivity contribution is -0.0389. The van der Waals surface area contributed by atoms with Gasteiger partial charge in [-0.3, -0.25) is 10.00 Å². The molecule has 3 aromatic rings. The molecule has 2 N–H and O–H groups in total. The molecule has 14 heteroatoms. The zero-order valence-corrected chi connectivity index (χ0v) is 18.7. The van der Waals surface area contributed by atoms with Crippen LogP contribution in [0, 0.1) is 0 Å². The Hall–Kier alpha value is -3.16. The largest absolute Gasteiger partial charge is 0.330 e. The van der Waals surface area contributed by atoms with Gasteiger partial charge in [0.25, 0.3) is 0 Å². The number of hydrogen-bond donors (Lipinski definition) is 2. The molecule has 0 spiro atoms. The van der Waals surface area contributed by atoms with Gasteiger partial charge in [0.05, 0.1) is 18.8 Å². The third kappa shape index (κ3) is 4.94. The number of carbonyl (C=O) groups is 1. The number of anilines is 2. The van der Waals surface area contributed by atoms with E-state index >= 15 is 0 Å². The second kappa shape index (κ2) is 8.65. The average Bonchev–Trinajstić information content (AvgIpc) is 3.51. The van der Waals surface area contributed by atoms with E-state index in [2.05, 4.69) is 35.8 Å². The van der Waals surface area contributed by atoms with E-state index in [-0.39, 0.29) is 31.3 Å². The summed E-state index contributed by atoms with van der Waals surface area (Å²) in [5.74, 6) is -1.67. The van der Waals surface area contributed by atoms with Crippen LogP contribution in [-0.4, -0.2) is 48.4 Å². The Morgan fingerprint density at radius 1 is 1.33 bits per heavy atom. The second-order valence-electron chi connectivity index (χ2n) is 8.27. The summed E-state index contributed by atoms with van der Waals surface area (Å²) in [6.07, 6.45) is 2.67. The summed E-state index contributed by atoms with van der Waals surface area (Å²) >= 11 is 1.39. The van der Waals surface area contributed by atoms with Gasteiger partial charge in [-0.05, 0) is 12.8 Å². The number of rotatable bonds is 5. The molecule has 1 aliphatic carbocycles. The van der Waals surface area contributed by atoms with Gasteiger partial charge in [-0.2, -0.15) is 10.1 Å². The van der Waals surface area contributed by atoms with E-state index < -0.39 is 5.92 Å². The second-order valence-corrected chi connectivity index (χ2v) is 9.35. The lowest BCUT2D eigenvalue weighted by Crippen LogP contribution is -2.30. The fourth-order valence-electron chi connectivity index (χ4n) is 4.00. The van der Waals surface area contributed by atoms with E-state index in [9.17, 15) is 13.6 Å². The molecular formula is C19H23F2N9O2S. The quantitative estimate of drug-likeness (QED) is 0.572. The average molecular weight is 480 g/mol. The molecule has 0 saturated heterocycles. The molecule has 2 amide bonds. The number of fused-ring (bicyclic) bond motifs is 1. The van der Waals surface area contributed by atoms with Crippen molar-refractivity contribution in [2.24, 2.45) is 7.05 Å². The third-order valence-electron chi connectivity index (χ3n) is 5.79. The first kappa shape index (κ1) is 21.7. The van der Waals surface area contributed by atoms with Crippen LogP contribution < -0.4 is 15.5 Å². The van der Waals surface area contributed by atoms with Gasteiger partial charge in [0, 0.05) is 43.6 Å². The van der Waals surface area contributed by atoms with Crippen LogP contribution in [0.15, 0.2) is 10.9 Å². The normalized spacial score (nSPS) is 18.2. The summed E-state index contributed by atoms with van der Waals surface area (Å²) in [6.45, 7) is 1.38. The molecule has 11 nitrogen and oxygen atoms in total. The fourth-order valence-corrected chi connectivity index (χ4v) is 5.02. The number of nitrogens with zero attached hydrogens (tertiary/aromatic N) is 7. The van der Waals surface area contributed by atoms with Crippen LogP contribution in [0.1, 0.15) is 53.8 Å². The molecule has 176 valence electrons. The highest BCUT2D eigenvalue weighted by Gasteiger charge is 2.37. The Labute approximate surface area is 191 Å². The zero-order valence-electron chi connectivity index (χ0n) is 17.9. The molecule has 0 radical (unpaired) electrons. The number of hydrogen-bond acceptors (Lipinski definition) is 9. The highest BCUT2D eigenvalue weighted by atomic mass is 32.1. The van der Waals surface area contributed by atoms with Crippen molar-refractivity contribution in [1.82, 2.24) is 35.2 Å². The Kier molecular flexibility index (Phi) is 5.68. The van der Waals surface area contributed by atoms with Gasteiger partial charge >= 0.3 is 12.0 Å².